The standard InChI is InChI=1S/C16H19N3O4/c1-3-14(20)19-9-5-8-13(19)15(21)17-11-6-4-7-12(10-11)18-16(22)23-2/h3-4,6-7,10,13H,1,5,8-9H2,2H3,(H,17,21)(H,18,22). The Morgan fingerprint density at radius 3 is 2.65 bits per heavy atom. The van der Waals surface area contributed by atoms with Crippen LogP contribution in [0.2, 0.25) is 0 Å². The molecule has 1 aliphatic rings. The number of benzene rings is 1. The fraction of sp³-hybridized carbons (Fsp3) is 0.312. The van der Waals surface area contributed by atoms with E-state index in [4.69, 9.17) is 0 Å². The molecule has 1 atom stereocenters. The van der Waals surface area contributed by atoms with Crippen LogP contribution in [0.3, 0.4) is 0 Å². The van der Waals surface area contributed by atoms with Crippen molar-refractivity contribution in [2.75, 3.05) is 24.3 Å². The molecule has 0 spiro atoms. The molecule has 0 saturated carbocycles. The van der Waals surface area contributed by atoms with Gasteiger partial charge >= 0.3 is 6.09 Å². The first kappa shape index (κ1) is 16.5. The van der Waals surface area contributed by atoms with E-state index in [0.717, 1.165) is 6.42 Å². The molecule has 1 fully saturated rings. The third kappa shape index (κ3) is 4.09. The number of hydrogen-bond acceptors (Lipinski definition) is 4. The lowest BCUT2D eigenvalue weighted by Gasteiger charge is -2.22. The van der Waals surface area contributed by atoms with Crippen molar-refractivity contribution in [1.82, 2.24) is 4.90 Å². The lowest BCUT2D eigenvalue weighted by molar-refractivity contribution is -0.132. The van der Waals surface area contributed by atoms with Crippen LogP contribution in [-0.2, 0) is 14.3 Å². The Balaban J connectivity index is 2.05. The van der Waals surface area contributed by atoms with Crippen LogP contribution in [0.5, 0.6) is 0 Å². The van der Waals surface area contributed by atoms with Gasteiger partial charge in [-0.3, -0.25) is 14.9 Å². The summed E-state index contributed by atoms with van der Waals surface area (Å²) in [4.78, 5) is 36.9. The van der Waals surface area contributed by atoms with Crippen molar-refractivity contribution in [3.8, 4) is 0 Å². The molecule has 2 N–H and O–H groups in total. The van der Waals surface area contributed by atoms with Crippen molar-refractivity contribution < 1.29 is 19.1 Å². The molecule has 0 bridgehead atoms. The van der Waals surface area contributed by atoms with E-state index in [0.29, 0.717) is 24.3 Å². The second-order valence-corrected chi connectivity index (χ2v) is 5.08. The number of carbonyl (C=O) groups excluding carboxylic acids is 3. The topological polar surface area (TPSA) is 87.7 Å². The van der Waals surface area contributed by atoms with Crippen molar-refractivity contribution in [2.45, 2.75) is 18.9 Å². The van der Waals surface area contributed by atoms with Gasteiger partial charge in [0.15, 0.2) is 0 Å². The van der Waals surface area contributed by atoms with Gasteiger partial charge in [0.25, 0.3) is 0 Å². The maximum absolute atomic E-state index is 12.4. The van der Waals surface area contributed by atoms with Gasteiger partial charge < -0.3 is 15.0 Å². The molecule has 0 aromatic heterocycles. The van der Waals surface area contributed by atoms with E-state index < -0.39 is 12.1 Å². The summed E-state index contributed by atoms with van der Waals surface area (Å²) in [5, 5.41) is 5.29. The second-order valence-electron chi connectivity index (χ2n) is 5.08. The van der Waals surface area contributed by atoms with Crippen LogP contribution in [-0.4, -0.2) is 42.5 Å². The minimum atomic E-state index is -0.591. The van der Waals surface area contributed by atoms with Gasteiger partial charge in [-0.05, 0) is 37.1 Å². The van der Waals surface area contributed by atoms with E-state index in [1.165, 1.54) is 18.1 Å². The number of carbonyl (C=O) groups is 3. The molecule has 1 aromatic carbocycles. The van der Waals surface area contributed by atoms with Gasteiger partial charge in [-0.25, -0.2) is 4.79 Å². The Hall–Kier alpha value is -2.83. The predicted octanol–water partition coefficient (Wildman–Crippen LogP) is 1.98. The fourth-order valence-corrected chi connectivity index (χ4v) is 2.49. The monoisotopic (exact) mass is 317 g/mol. The predicted molar refractivity (Wildman–Crippen MR) is 86.0 cm³/mol. The molecule has 1 heterocycles. The number of nitrogens with one attached hydrogen (secondary N) is 2. The van der Waals surface area contributed by atoms with E-state index >= 15 is 0 Å². The van der Waals surface area contributed by atoms with Gasteiger partial charge in [-0.15, -0.1) is 0 Å². The summed E-state index contributed by atoms with van der Waals surface area (Å²) in [6.07, 6.45) is 2.02. The highest BCUT2D eigenvalue weighted by atomic mass is 16.5. The molecular formula is C16H19N3O4. The number of methoxy groups -OCH3 is 1. The zero-order chi connectivity index (χ0) is 16.8. The number of nitrogens with zero attached hydrogens (tertiary/aromatic N) is 1. The number of rotatable bonds is 4. The summed E-state index contributed by atoms with van der Waals surface area (Å²) in [5.74, 6) is -0.503. The Kier molecular flexibility index (Phi) is 5.35. The third-order valence-corrected chi connectivity index (χ3v) is 3.58. The average Bonchev–Trinajstić information content (AvgIpc) is 3.04. The molecule has 0 aliphatic carbocycles. The van der Waals surface area contributed by atoms with Crippen molar-refractivity contribution in [1.29, 1.82) is 0 Å². The van der Waals surface area contributed by atoms with Gasteiger partial charge in [0.1, 0.15) is 6.04 Å². The third-order valence-electron chi connectivity index (χ3n) is 3.58. The number of amides is 3. The van der Waals surface area contributed by atoms with Gasteiger partial charge in [-0.2, -0.15) is 0 Å². The van der Waals surface area contributed by atoms with E-state index in [1.807, 2.05) is 0 Å². The molecule has 1 unspecified atom stereocenters. The molecule has 1 aromatic rings. The Morgan fingerprint density at radius 1 is 1.30 bits per heavy atom. The first-order valence-corrected chi connectivity index (χ1v) is 7.24. The van der Waals surface area contributed by atoms with E-state index in [1.54, 1.807) is 24.3 Å². The highest BCUT2D eigenvalue weighted by Gasteiger charge is 2.32. The number of anilines is 2. The number of ether oxygens (including phenoxy) is 1. The molecule has 7 heteroatoms. The molecule has 23 heavy (non-hydrogen) atoms. The molecule has 1 saturated heterocycles. The van der Waals surface area contributed by atoms with E-state index in [2.05, 4.69) is 21.9 Å². The van der Waals surface area contributed by atoms with Gasteiger partial charge in [0, 0.05) is 17.9 Å². The molecule has 3 amide bonds. The first-order valence-electron chi connectivity index (χ1n) is 7.24. The van der Waals surface area contributed by atoms with Crippen molar-refractivity contribution in [3.05, 3.63) is 36.9 Å². The average molecular weight is 317 g/mol. The quantitative estimate of drug-likeness (QED) is 0.831. The summed E-state index contributed by atoms with van der Waals surface area (Å²) in [6.45, 7) is 4.00. The SMILES string of the molecule is C=CC(=O)N1CCCC1C(=O)Nc1cccc(NC(=O)OC)c1. The Morgan fingerprint density at radius 2 is 2.00 bits per heavy atom. The zero-order valence-corrected chi connectivity index (χ0v) is 12.9. The maximum atomic E-state index is 12.4. The summed E-state index contributed by atoms with van der Waals surface area (Å²) < 4.78 is 4.52. The van der Waals surface area contributed by atoms with Crippen LogP contribution in [0.4, 0.5) is 16.2 Å². The van der Waals surface area contributed by atoms with Crippen LogP contribution in [0.15, 0.2) is 36.9 Å². The van der Waals surface area contributed by atoms with Crippen molar-refractivity contribution >= 4 is 29.3 Å². The molecule has 0 radical (unpaired) electrons. The summed E-state index contributed by atoms with van der Waals surface area (Å²) >= 11 is 0. The summed E-state index contributed by atoms with van der Waals surface area (Å²) in [6, 6.07) is 6.19. The first-order chi connectivity index (χ1) is 11.0. The second kappa shape index (κ2) is 7.44. The lowest BCUT2D eigenvalue weighted by atomic mass is 10.2. The van der Waals surface area contributed by atoms with Crippen LogP contribution in [0, 0.1) is 0 Å². The summed E-state index contributed by atoms with van der Waals surface area (Å²) in [7, 11) is 1.27. The van der Waals surface area contributed by atoms with Crippen LogP contribution >= 0.6 is 0 Å². The van der Waals surface area contributed by atoms with Crippen LogP contribution < -0.4 is 10.6 Å². The largest absolute Gasteiger partial charge is 0.453 e. The number of likely N-dealkylation sites (tertiary alicyclic amines) is 1. The number of hydrogen-bond donors (Lipinski definition) is 2. The van der Waals surface area contributed by atoms with Gasteiger partial charge in [0.2, 0.25) is 11.8 Å². The highest BCUT2D eigenvalue weighted by molar-refractivity contribution is 5.99. The normalized spacial score (nSPS) is 16.6. The minimum absolute atomic E-state index is 0.247. The highest BCUT2D eigenvalue weighted by Crippen LogP contribution is 2.21. The van der Waals surface area contributed by atoms with E-state index in [9.17, 15) is 14.4 Å². The smallest absolute Gasteiger partial charge is 0.411 e. The lowest BCUT2D eigenvalue weighted by Crippen LogP contribution is -2.42. The summed E-state index contributed by atoms with van der Waals surface area (Å²) in [5.41, 5.74) is 1.03. The molecule has 2 rings (SSSR count). The van der Waals surface area contributed by atoms with E-state index in [-0.39, 0.29) is 11.8 Å². The molecular weight excluding hydrogens is 298 g/mol. The molecule has 122 valence electrons. The van der Waals surface area contributed by atoms with Crippen molar-refractivity contribution in [2.24, 2.45) is 0 Å². The maximum Gasteiger partial charge on any atom is 0.411 e. The van der Waals surface area contributed by atoms with Crippen LogP contribution in [0.25, 0.3) is 0 Å². The molecule has 1 aliphatic heterocycles. The zero-order valence-electron chi connectivity index (χ0n) is 12.9. The molecule has 7 nitrogen and oxygen atoms in total. The Labute approximate surface area is 134 Å². The van der Waals surface area contributed by atoms with Crippen molar-refractivity contribution in [3.63, 3.8) is 0 Å². The Bertz CT molecular complexity index is 630. The van der Waals surface area contributed by atoms with Crippen LogP contribution in [0.1, 0.15) is 12.8 Å². The van der Waals surface area contributed by atoms with Gasteiger partial charge in [-0.1, -0.05) is 12.6 Å². The fourth-order valence-electron chi connectivity index (χ4n) is 2.49. The van der Waals surface area contributed by atoms with Gasteiger partial charge in [0.05, 0.1) is 7.11 Å². The minimum Gasteiger partial charge on any atom is -0.453 e.